The summed E-state index contributed by atoms with van der Waals surface area (Å²) in [6.45, 7) is 6.38. The van der Waals surface area contributed by atoms with E-state index in [9.17, 15) is 9.59 Å². The summed E-state index contributed by atoms with van der Waals surface area (Å²) < 4.78 is 0.973. The van der Waals surface area contributed by atoms with Crippen molar-refractivity contribution in [2.75, 3.05) is 13.1 Å². The minimum Gasteiger partial charge on any atom is -0.478 e. The Morgan fingerprint density at radius 1 is 1.04 bits per heavy atom. The molecule has 2 aromatic rings. The normalized spacial score (nSPS) is 20.5. The maximum atomic E-state index is 12.9. The van der Waals surface area contributed by atoms with Gasteiger partial charge in [-0.1, -0.05) is 24.3 Å². The van der Waals surface area contributed by atoms with Crippen LogP contribution in [0.2, 0.25) is 0 Å². The zero-order chi connectivity index (χ0) is 19.6. The van der Waals surface area contributed by atoms with Crippen LogP contribution in [0.1, 0.15) is 40.1 Å². The van der Waals surface area contributed by atoms with Crippen molar-refractivity contribution in [3.05, 3.63) is 68.8 Å². The van der Waals surface area contributed by atoms with Gasteiger partial charge in [-0.15, -0.1) is 0 Å². The van der Waals surface area contributed by atoms with Crippen LogP contribution in [0.25, 0.3) is 0 Å². The fourth-order valence-electron chi connectivity index (χ4n) is 3.60. The average molecular weight is 478 g/mol. The molecule has 0 saturated carbocycles. The maximum Gasteiger partial charge on any atom is 0.335 e. The van der Waals surface area contributed by atoms with Gasteiger partial charge in [-0.25, -0.2) is 4.79 Å². The van der Waals surface area contributed by atoms with Crippen molar-refractivity contribution >= 4 is 34.5 Å². The molecule has 1 aliphatic heterocycles. The zero-order valence-corrected chi connectivity index (χ0v) is 17.6. The van der Waals surface area contributed by atoms with Crippen LogP contribution >= 0.6 is 22.6 Å². The highest BCUT2D eigenvalue weighted by Crippen LogP contribution is 2.22. The van der Waals surface area contributed by atoms with Crippen molar-refractivity contribution in [3.8, 4) is 0 Å². The Labute approximate surface area is 173 Å². The molecule has 2 aromatic carbocycles. The van der Waals surface area contributed by atoms with Crippen molar-refractivity contribution < 1.29 is 14.7 Å². The molecule has 0 spiro atoms. The Morgan fingerprint density at radius 2 is 1.63 bits per heavy atom. The summed E-state index contributed by atoms with van der Waals surface area (Å²) in [7, 11) is 0. The highest BCUT2D eigenvalue weighted by atomic mass is 127. The Bertz CT molecular complexity index is 826. The van der Waals surface area contributed by atoms with E-state index in [4.69, 9.17) is 5.11 Å². The van der Waals surface area contributed by atoms with Crippen molar-refractivity contribution in [2.24, 2.45) is 0 Å². The summed E-state index contributed by atoms with van der Waals surface area (Å²) in [6, 6.07) is 15.1. The van der Waals surface area contributed by atoms with Crippen molar-refractivity contribution in [2.45, 2.75) is 32.5 Å². The molecule has 2 atom stereocenters. The molecule has 142 valence electrons. The Hall–Kier alpha value is -1.93. The number of amides is 1. The van der Waals surface area contributed by atoms with Gasteiger partial charge >= 0.3 is 5.97 Å². The summed E-state index contributed by atoms with van der Waals surface area (Å²) in [6.07, 6.45) is 0. The molecule has 1 fully saturated rings. The molecule has 27 heavy (non-hydrogen) atoms. The second-order valence-electron chi connectivity index (χ2n) is 7.06. The van der Waals surface area contributed by atoms with Gasteiger partial charge in [0.25, 0.3) is 5.91 Å². The molecule has 0 radical (unpaired) electrons. The number of carbonyl (C=O) groups excluding carboxylic acids is 1. The molecule has 0 aromatic heterocycles. The number of carboxylic acids is 1. The molecule has 0 unspecified atom stereocenters. The van der Waals surface area contributed by atoms with Crippen molar-refractivity contribution in [1.29, 1.82) is 0 Å². The lowest BCUT2D eigenvalue weighted by Crippen LogP contribution is -2.57. The number of rotatable bonds is 4. The first kappa shape index (κ1) is 19.8. The minimum atomic E-state index is -0.911. The van der Waals surface area contributed by atoms with E-state index >= 15 is 0 Å². The molecule has 1 saturated heterocycles. The topological polar surface area (TPSA) is 60.9 Å². The van der Waals surface area contributed by atoms with Gasteiger partial charge in [0, 0.05) is 35.3 Å². The number of hydrogen-bond acceptors (Lipinski definition) is 3. The molecule has 3 rings (SSSR count). The van der Waals surface area contributed by atoms with Crippen LogP contribution in [0.4, 0.5) is 0 Å². The van der Waals surface area contributed by atoms with Crippen LogP contribution in [0, 0.1) is 3.57 Å². The Kier molecular flexibility index (Phi) is 6.16. The molecule has 6 heteroatoms. The number of halogens is 1. The van der Waals surface area contributed by atoms with E-state index in [1.54, 1.807) is 12.1 Å². The van der Waals surface area contributed by atoms with Gasteiger partial charge in [0.05, 0.1) is 11.1 Å². The first-order valence-corrected chi connectivity index (χ1v) is 10.1. The van der Waals surface area contributed by atoms with Crippen LogP contribution in [0.3, 0.4) is 0 Å². The standard InChI is InChI=1S/C21H23IN2O3/c1-14-11-23(20(25)18-5-3-4-6-19(18)22)12-15(2)24(14)13-16-7-9-17(10-8-16)21(26)27/h3-10,14-15H,11-13H2,1-2H3,(H,26,27)/t14-,15+. The predicted molar refractivity (Wildman–Crippen MR) is 113 cm³/mol. The summed E-state index contributed by atoms with van der Waals surface area (Å²) in [4.78, 5) is 28.2. The van der Waals surface area contributed by atoms with E-state index < -0.39 is 5.97 Å². The van der Waals surface area contributed by atoms with E-state index in [1.165, 1.54) is 0 Å². The summed E-state index contributed by atoms with van der Waals surface area (Å²) in [5.74, 6) is -0.824. The third-order valence-electron chi connectivity index (χ3n) is 5.06. The van der Waals surface area contributed by atoms with Crippen LogP contribution in [-0.4, -0.2) is 52.0 Å². The minimum absolute atomic E-state index is 0.0872. The SMILES string of the molecule is C[C@@H]1CN(C(=O)c2ccccc2I)C[C@H](C)N1Cc1ccc(C(=O)O)cc1. The molecule has 0 aliphatic carbocycles. The van der Waals surface area contributed by atoms with Gasteiger partial charge in [0.2, 0.25) is 0 Å². The molecule has 0 bridgehead atoms. The monoisotopic (exact) mass is 478 g/mol. The molecular formula is C21H23IN2O3. The van der Waals surface area contributed by atoms with E-state index in [0.29, 0.717) is 18.7 Å². The van der Waals surface area contributed by atoms with Gasteiger partial charge in [-0.2, -0.15) is 0 Å². The van der Waals surface area contributed by atoms with Gasteiger partial charge in [-0.3, -0.25) is 9.69 Å². The van der Waals surface area contributed by atoms with Crippen LogP contribution in [-0.2, 0) is 6.54 Å². The number of carbonyl (C=O) groups is 2. The highest BCUT2D eigenvalue weighted by molar-refractivity contribution is 14.1. The lowest BCUT2D eigenvalue weighted by atomic mass is 10.0. The largest absolute Gasteiger partial charge is 0.478 e. The van der Waals surface area contributed by atoms with E-state index in [2.05, 4.69) is 41.3 Å². The number of carboxylic acid groups (broad SMARTS) is 1. The number of benzene rings is 2. The number of aromatic carboxylic acids is 1. The number of piperazine rings is 1. The first-order valence-electron chi connectivity index (χ1n) is 8.98. The second-order valence-corrected chi connectivity index (χ2v) is 8.22. The zero-order valence-electron chi connectivity index (χ0n) is 15.4. The lowest BCUT2D eigenvalue weighted by molar-refractivity contribution is 0.0269. The molecule has 1 amide bonds. The average Bonchev–Trinajstić information content (AvgIpc) is 2.64. The van der Waals surface area contributed by atoms with E-state index in [1.807, 2.05) is 41.3 Å². The molecule has 1 heterocycles. The van der Waals surface area contributed by atoms with Gasteiger partial charge in [0.15, 0.2) is 0 Å². The maximum absolute atomic E-state index is 12.9. The summed E-state index contributed by atoms with van der Waals surface area (Å²) >= 11 is 2.21. The van der Waals surface area contributed by atoms with Crippen molar-refractivity contribution in [3.63, 3.8) is 0 Å². The Balaban J connectivity index is 1.69. The summed E-state index contributed by atoms with van der Waals surface area (Å²) in [5, 5.41) is 9.03. The Morgan fingerprint density at radius 3 is 2.19 bits per heavy atom. The number of hydrogen-bond donors (Lipinski definition) is 1. The van der Waals surface area contributed by atoms with E-state index in [-0.39, 0.29) is 18.0 Å². The molecule has 5 nitrogen and oxygen atoms in total. The van der Waals surface area contributed by atoms with Gasteiger partial charge < -0.3 is 10.0 Å². The van der Waals surface area contributed by atoms with E-state index in [0.717, 1.165) is 21.2 Å². The quantitative estimate of drug-likeness (QED) is 0.681. The van der Waals surface area contributed by atoms with Crippen LogP contribution in [0.5, 0.6) is 0 Å². The number of nitrogens with zero attached hydrogens (tertiary/aromatic N) is 2. The molecule has 1 N–H and O–H groups in total. The molecular weight excluding hydrogens is 455 g/mol. The fraction of sp³-hybridized carbons (Fsp3) is 0.333. The highest BCUT2D eigenvalue weighted by Gasteiger charge is 2.32. The van der Waals surface area contributed by atoms with Crippen LogP contribution in [0.15, 0.2) is 48.5 Å². The predicted octanol–water partition coefficient (Wildman–Crippen LogP) is 3.72. The van der Waals surface area contributed by atoms with Gasteiger partial charge in [0.1, 0.15) is 0 Å². The third kappa shape index (κ3) is 4.50. The summed E-state index contributed by atoms with van der Waals surface area (Å²) in [5.41, 5.74) is 2.14. The lowest BCUT2D eigenvalue weighted by Gasteiger charge is -2.44. The third-order valence-corrected chi connectivity index (χ3v) is 6.00. The van der Waals surface area contributed by atoms with Crippen molar-refractivity contribution in [1.82, 2.24) is 9.80 Å². The smallest absolute Gasteiger partial charge is 0.335 e. The molecule has 1 aliphatic rings. The van der Waals surface area contributed by atoms with Crippen LogP contribution < -0.4 is 0 Å². The first-order chi connectivity index (χ1) is 12.9. The second kappa shape index (κ2) is 8.39. The fourth-order valence-corrected chi connectivity index (χ4v) is 4.22. The van der Waals surface area contributed by atoms with Gasteiger partial charge in [-0.05, 0) is 66.3 Å².